The van der Waals surface area contributed by atoms with E-state index in [1.807, 2.05) is 6.92 Å². The highest BCUT2D eigenvalue weighted by molar-refractivity contribution is 7.91. The number of nitrogens with one attached hydrogen (secondary N) is 1. The highest BCUT2D eigenvalue weighted by atomic mass is 32.2. The van der Waals surface area contributed by atoms with Crippen LogP contribution in [0.1, 0.15) is 25.5 Å². The van der Waals surface area contributed by atoms with Gasteiger partial charge in [0.25, 0.3) is 0 Å². The second-order valence-corrected chi connectivity index (χ2v) is 8.66. The Hall–Kier alpha value is -1.83. The lowest BCUT2D eigenvalue weighted by molar-refractivity contribution is -0.136. The van der Waals surface area contributed by atoms with Crippen molar-refractivity contribution in [1.82, 2.24) is 10.2 Å². The van der Waals surface area contributed by atoms with Crippen LogP contribution in [0.3, 0.4) is 0 Å². The predicted octanol–water partition coefficient (Wildman–Crippen LogP) is 0.567. The van der Waals surface area contributed by atoms with Gasteiger partial charge >= 0.3 is 0 Å². The predicted molar refractivity (Wildman–Crippen MR) is 86.6 cm³/mol. The number of carbonyl (C=O) groups is 2. The molecule has 7 nitrogen and oxygen atoms in total. The van der Waals surface area contributed by atoms with Gasteiger partial charge in [0, 0.05) is 12.6 Å². The van der Waals surface area contributed by atoms with Crippen molar-refractivity contribution in [3.8, 4) is 0 Å². The molecular formula is C16H22N2O5S. The van der Waals surface area contributed by atoms with E-state index in [1.165, 1.54) is 0 Å². The second kappa shape index (κ2) is 6.58. The summed E-state index contributed by atoms with van der Waals surface area (Å²) in [6.45, 7) is 2.62. The van der Waals surface area contributed by atoms with Gasteiger partial charge in [0.2, 0.25) is 11.8 Å². The third-order valence-corrected chi connectivity index (χ3v) is 6.48. The average Bonchev–Trinajstić information content (AvgIpc) is 3.02. The molecule has 0 aromatic carbocycles. The molecule has 1 N–H and O–H groups in total. The van der Waals surface area contributed by atoms with Crippen molar-refractivity contribution in [3.05, 3.63) is 24.2 Å². The van der Waals surface area contributed by atoms with E-state index in [0.717, 1.165) is 0 Å². The number of sulfone groups is 1. The zero-order valence-corrected chi connectivity index (χ0v) is 14.4. The largest absolute Gasteiger partial charge is 0.467 e. The summed E-state index contributed by atoms with van der Waals surface area (Å²) in [5.41, 5.74) is 0. The van der Waals surface area contributed by atoms with Crippen molar-refractivity contribution in [1.29, 1.82) is 0 Å². The summed E-state index contributed by atoms with van der Waals surface area (Å²) >= 11 is 0. The molecule has 1 saturated heterocycles. The minimum Gasteiger partial charge on any atom is -0.467 e. The van der Waals surface area contributed by atoms with Crippen molar-refractivity contribution in [2.24, 2.45) is 11.8 Å². The van der Waals surface area contributed by atoms with Crippen molar-refractivity contribution in [3.63, 3.8) is 0 Å². The van der Waals surface area contributed by atoms with Crippen molar-refractivity contribution in [2.45, 2.75) is 32.4 Å². The Bertz CT molecular complexity index is 713. The Kier molecular flexibility index (Phi) is 4.67. The molecule has 2 aliphatic rings. The first kappa shape index (κ1) is 17.0. The van der Waals surface area contributed by atoms with Crippen LogP contribution in [0.4, 0.5) is 0 Å². The summed E-state index contributed by atoms with van der Waals surface area (Å²) in [5, 5.41) is 2.77. The molecule has 2 fully saturated rings. The number of hydrogen-bond donors (Lipinski definition) is 1. The normalized spacial score (nSPS) is 27.6. The Morgan fingerprint density at radius 3 is 2.75 bits per heavy atom. The van der Waals surface area contributed by atoms with Crippen LogP contribution in [0.15, 0.2) is 22.8 Å². The summed E-state index contributed by atoms with van der Waals surface area (Å²) in [5.74, 6) is -0.0615. The molecule has 0 radical (unpaired) electrons. The van der Waals surface area contributed by atoms with E-state index in [9.17, 15) is 18.0 Å². The molecule has 3 unspecified atom stereocenters. The van der Waals surface area contributed by atoms with Crippen LogP contribution in [-0.4, -0.2) is 49.2 Å². The molecule has 1 aromatic heterocycles. The highest BCUT2D eigenvalue weighted by Crippen LogP contribution is 2.41. The van der Waals surface area contributed by atoms with Gasteiger partial charge in [-0.05, 0) is 31.9 Å². The van der Waals surface area contributed by atoms with Gasteiger partial charge in [-0.25, -0.2) is 8.42 Å². The fourth-order valence-electron chi connectivity index (χ4n) is 3.30. The smallest absolute Gasteiger partial charge is 0.226 e. The number of hydrogen-bond acceptors (Lipinski definition) is 5. The zero-order chi connectivity index (χ0) is 17.3. The van der Waals surface area contributed by atoms with Crippen molar-refractivity contribution < 1.29 is 22.4 Å². The number of amides is 2. The average molecular weight is 354 g/mol. The second-order valence-electron chi connectivity index (χ2n) is 6.43. The first-order valence-electron chi connectivity index (χ1n) is 8.22. The van der Waals surface area contributed by atoms with Gasteiger partial charge < -0.3 is 14.6 Å². The third-order valence-electron chi connectivity index (χ3n) is 4.73. The van der Waals surface area contributed by atoms with Crippen LogP contribution in [0, 0.1) is 11.8 Å². The first-order chi connectivity index (χ1) is 11.4. The van der Waals surface area contributed by atoms with Gasteiger partial charge in [0.1, 0.15) is 5.76 Å². The van der Waals surface area contributed by atoms with Gasteiger partial charge in [-0.1, -0.05) is 0 Å². The van der Waals surface area contributed by atoms with Crippen LogP contribution in [0.25, 0.3) is 0 Å². The van der Waals surface area contributed by atoms with Crippen molar-refractivity contribution in [2.75, 3.05) is 18.1 Å². The lowest BCUT2D eigenvalue weighted by Crippen LogP contribution is -2.42. The number of furan rings is 1. The molecule has 24 heavy (non-hydrogen) atoms. The summed E-state index contributed by atoms with van der Waals surface area (Å²) in [6.07, 6.45) is 2.56. The van der Waals surface area contributed by atoms with Crippen LogP contribution >= 0.6 is 0 Å². The number of carbonyl (C=O) groups excluding carboxylic acids is 2. The molecular weight excluding hydrogens is 332 g/mol. The van der Waals surface area contributed by atoms with Gasteiger partial charge in [-0.2, -0.15) is 0 Å². The number of nitrogens with zero attached hydrogens (tertiary/aromatic N) is 1. The molecule has 1 aliphatic carbocycles. The lowest BCUT2D eigenvalue weighted by Gasteiger charge is -2.27. The maximum atomic E-state index is 12.6. The Morgan fingerprint density at radius 1 is 1.38 bits per heavy atom. The summed E-state index contributed by atoms with van der Waals surface area (Å²) in [6, 6.07) is 3.27. The fourth-order valence-corrected chi connectivity index (χ4v) is 5.04. The Balaban J connectivity index is 1.53. The third kappa shape index (κ3) is 3.63. The summed E-state index contributed by atoms with van der Waals surface area (Å²) in [4.78, 5) is 26.4. The molecule has 1 aromatic rings. The van der Waals surface area contributed by atoms with Crippen LogP contribution in [0.2, 0.25) is 0 Å². The number of rotatable bonds is 6. The molecule has 8 heteroatoms. The Morgan fingerprint density at radius 2 is 2.17 bits per heavy atom. The monoisotopic (exact) mass is 354 g/mol. The Labute approximate surface area is 141 Å². The first-order valence-corrected chi connectivity index (χ1v) is 10.0. The van der Waals surface area contributed by atoms with Gasteiger partial charge in [0.15, 0.2) is 9.84 Å². The highest BCUT2D eigenvalue weighted by Gasteiger charge is 2.50. The maximum Gasteiger partial charge on any atom is 0.226 e. The van der Waals surface area contributed by atoms with Crippen molar-refractivity contribution >= 4 is 21.7 Å². The molecule has 0 spiro atoms. The van der Waals surface area contributed by atoms with Gasteiger partial charge in [0.05, 0.1) is 36.1 Å². The van der Waals surface area contributed by atoms with E-state index >= 15 is 0 Å². The molecule has 3 atom stereocenters. The van der Waals surface area contributed by atoms with Gasteiger partial charge in [-0.15, -0.1) is 0 Å². The topological polar surface area (TPSA) is 96.7 Å². The van der Waals surface area contributed by atoms with E-state index in [1.54, 1.807) is 23.3 Å². The van der Waals surface area contributed by atoms with Crippen LogP contribution < -0.4 is 5.32 Å². The van der Waals surface area contributed by atoms with E-state index in [0.29, 0.717) is 31.7 Å². The van der Waals surface area contributed by atoms with E-state index < -0.39 is 9.84 Å². The van der Waals surface area contributed by atoms with E-state index in [-0.39, 0.29) is 41.2 Å². The summed E-state index contributed by atoms with van der Waals surface area (Å²) < 4.78 is 28.4. The minimum atomic E-state index is -3.04. The van der Waals surface area contributed by atoms with Gasteiger partial charge in [-0.3, -0.25) is 9.59 Å². The molecule has 1 saturated carbocycles. The van der Waals surface area contributed by atoms with Crippen LogP contribution in [-0.2, 0) is 26.0 Å². The molecule has 0 bridgehead atoms. The lowest BCUT2D eigenvalue weighted by atomic mass is 10.2. The zero-order valence-electron chi connectivity index (χ0n) is 13.6. The SMILES string of the molecule is CCN(C(=O)C1CC1C(=O)NCc1ccco1)C1CCS(=O)(=O)C1. The fraction of sp³-hybridized carbons (Fsp3) is 0.625. The standard InChI is InChI=1S/C16H22N2O5S/c1-2-18(11-5-7-24(21,22)10-11)16(20)14-8-13(14)15(19)17-9-12-4-3-6-23-12/h3-4,6,11,13-14H,2,5,7-10H2,1H3,(H,17,19). The molecule has 132 valence electrons. The van der Waals surface area contributed by atoms with Crippen LogP contribution in [0.5, 0.6) is 0 Å². The summed E-state index contributed by atoms with van der Waals surface area (Å²) in [7, 11) is -3.04. The maximum absolute atomic E-state index is 12.6. The van der Waals surface area contributed by atoms with E-state index in [4.69, 9.17) is 4.42 Å². The minimum absolute atomic E-state index is 0.0364. The molecule has 1 aliphatic heterocycles. The molecule has 3 rings (SSSR count). The molecule has 2 heterocycles. The molecule has 2 amide bonds. The van der Waals surface area contributed by atoms with E-state index in [2.05, 4.69) is 5.32 Å². The quantitative estimate of drug-likeness (QED) is 0.805.